The lowest BCUT2D eigenvalue weighted by atomic mass is 9.86. The molecule has 0 saturated carbocycles. The van der Waals surface area contributed by atoms with Crippen molar-refractivity contribution >= 4 is 106 Å². The summed E-state index contributed by atoms with van der Waals surface area (Å²) in [5.74, 6) is -22.5. The molecule has 608 valence electrons. The van der Waals surface area contributed by atoms with E-state index in [4.69, 9.17) is 11.5 Å². The quantitative estimate of drug-likeness (QED) is 0.0600. The number of carboxylic acid groups (broad SMARTS) is 1. The van der Waals surface area contributed by atoms with E-state index < -0.39 is 248 Å². The third kappa shape index (κ3) is 27.8. The van der Waals surface area contributed by atoms with Crippen LogP contribution in [0.2, 0.25) is 0 Å². The first-order valence-corrected chi connectivity index (χ1v) is 38.2. The van der Waals surface area contributed by atoms with Gasteiger partial charge in [-0.25, -0.2) is 0 Å². The number of amides is 11. The number of fused-ring (bicyclic) bond motifs is 1. The number of Topliss-reactive ketones (excluding diaryl/α,β-unsaturated/α-hetero) is 4. The summed E-state index contributed by atoms with van der Waals surface area (Å²) in [5, 5.41) is 70.3. The van der Waals surface area contributed by atoms with Gasteiger partial charge < -0.3 is 88.9 Å². The molecule has 2 saturated heterocycles. The summed E-state index contributed by atoms with van der Waals surface area (Å²) in [6.07, 6.45) is -6.50. The molecule has 15 atom stereocenters. The molecule has 3 aromatic carbocycles. The molecule has 11 amide bonds. The number of benzene rings is 3. The number of carbonyl (C=O) groups is 16. The van der Waals surface area contributed by atoms with E-state index in [1.54, 1.807) is 56.3 Å². The Balaban J connectivity index is 1.55. The van der Waals surface area contributed by atoms with Crippen LogP contribution in [0.4, 0.5) is 0 Å². The SMILES string of the molecule is CC(C)[C@@H]1CC(=O)[C@H](Cc2ccccc2)NC(=O)CSC[C@@H](C(=O)NCC(N)=O)NC(=O)[C@@H]2CCCN2C(=O)[C@H](CO)NC(=O)[C@H](CCCCN)CC(=O)[C@H](C)N(C)C(=O)[C@H](Cc2ccc(-c3ccccc3)cc2)CC(=O)[C@H](C)N(C)C(=O)[C@H](CO)NC(=O)[C@H]([C@@H](C)O)NC(=O)[C@H]([C@@H](C)O)CC(=O)[C@H](CC(=O)O)NC1=O. The Kier molecular flexibility index (Phi) is 37.1. The first-order valence-electron chi connectivity index (χ1n) is 37.1. The van der Waals surface area contributed by atoms with Crippen LogP contribution < -0.4 is 48.7 Å². The molecule has 3 aromatic rings. The lowest BCUT2D eigenvalue weighted by Crippen LogP contribution is -2.60. The highest BCUT2D eigenvalue weighted by Gasteiger charge is 2.43. The minimum atomic E-state index is -1.99. The second kappa shape index (κ2) is 44.8. The van der Waals surface area contributed by atoms with Crippen molar-refractivity contribution in [2.75, 3.05) is 58.4 Å². The Morgan fingerprint density at radius 3 is 1.67 bits per heavy atom. The van der Waals surface area contributed by atoms with E-state index in [9.17, 15) is 102 Å². The number of primary amides is 1. The Bertz CT molecular complexity index is 3760. The van der Waals surface area contributed by atoms with E-state index in [-0.39, 0.29) is 50.9 Å². The molecule has 0 spiro atoms. The Morgan fingerprint density at radius 1 is 0.568 bits per heavy atom. The fourth-order valence-electron chi connectivity index (χ4n) is 13.0. The number of likely N-dealkylation sites (N-methyl/N-ethyl adjacent to an activating group) is 2. The topological polar surface area (TPSA) is 520 Å². The predicted molar refractivity (Wildman–Crippen MR) is 406 cm³/mol. The maximum Gasteiger partial charge on any atom is 0.305 e. The van der Waals surface area contributed by atoms with E-state index in [0.717, 1.165) is 51.4 Å². The molecule has 34 heteroatoms. The van der Waals surface area contributed by atoms with Gasteiger partial charge in [0.15, 0.2) is 23.1 Å². The van der Waals surface area contributed by atoms with Crippen molar-refractivity contribution in [2.24, 2.45) is 41.1 Å². The molecule has 2 heterocycles. The summed E-state index contributed by atoms with van der Waals surface area (Å²) in [6.45, 7) is 5.36. The van der Waals surface area contributed by atoms with E-state index in [0.29, 0.717) is 24.0 Å². The molecule has 111 heavy (non-hydrogen) atoms. The van der Waals surface area contributed by atoms with Gasteiger partial charge >= 0.3 is 5.97 Å². The van der Waals surface area contributed by atoms with E-state index in [2.05, 4.69) is 37.2 Å². The summed E-state index contributed by atoms with van der Waals surface area (Å²) >= 11 is 0.803. The molecule has 2 aliphatic heterocycles. The number of ketones is 4. The highest BCUT2D eigenvalue weighted by atomic mass is 32.2. The minimum Gasteiger partial charge on any atom is -0.481 e. The van der Waals surface area contributed by atoms with Crippen molar-refractivity contribution in [3.05, 3.63) is 96.1 Å². The monoisotopic (exact) mass is 1570 g/mol. The molecule has 2 fully saturated rings. The average molecular weight is 1570 g/mol. The van der Waals surface area contributed by atoms with Crippen LogP contribution in [0.1, 0.15) is 117 Å². The van der Waals surface area contributed by atoms with Gasteiger partial charge in [0.1, 0.15) is 30.2 Å². The first kappa shape index (κ1) is 91.7. The molecule has 16 N–H and O–H groups in total. The lowest BCUT2D eigenvalue weighted by Gasteiger charge is -2.32. The van der Waals surface area contributed by atoms with Crippen molar-refractivity contribution in [3.63, 3.8) is 0 Å². The van der Waals surface area contributed by atoms with Crippen LogP contribution in [-0.2, 0) is 89.6 Å². The third-order valence-corrected chi connectivity index (χ3v) is 21.1. The number of thioether (sulfide) groups is 1. The van der Waals surface area contributed by atoms with Gasteiger partial charge in [0.05, 0.1) is 74.2 Å². The van der Waals surface area contributed by atoms with Gasteiger partial charge in [-0.1, -0.05) is 105 Å². The van der Waals surface area contributed by atoms with E-state index in [1.807, 2.05) is 42.5 Å². The van der Waals surface area contributed by atoms with Gasteiger partial charge in [0.2, 0.25) is 65.0 Å². The zero-order valence-electron chi connectivity index (χ0n) is 63.9. The van der Waals surface area contributed by atoms with Gasteiger partial charge in [0.25, 0.3) is 0 Å². The van der Waals surface area contributed by atoms with Crippen molar-refractivity contribution in [2.45, 2.75) is 185 Å². The van der Waals surface area contributed by atoms with Gasteiger partial charge in [-0.2, -0.15) is 0 Å². The lowest BCUT2D eigenvalue weighted by molar-refractivity contribution is -0.145. The third-order valence-electron chi connectivity index (χ3n) is 20.0. The van der Waals surface area contributed by atoms with Crippen LogP contribution in [0.25, 0.3) is 11.1 Å². The number of aliphatic hydroxyl groups is 4. The number of carbonyl (C=O) groups excluding carboxylic acids is 15. The molecule has 0 unspecified atom stereocenters. The van der Waals surface area contributed by atoms with Crippen molar-refractivity contribution in [1.82, 2.24) is 51.9 Å². The van der Waals surface area contributed by atoms with Gasteiger partial charge in [0, 0.05) is 69.8 Å². The Hall–Kier alpha value is -9.87. The van der Waals surface area contributed by atoms with Crippen LogP contribution in [0.15, 0.2) is 84.9 Å². The number of aliphatic hydroxyl groups excluding tert-OH is 4. The highest BCUT2D eigenvalue weighted by molar-refractivity contribution is 8.00. The highest BCUT2D eigenvalue weighted by Crippen LogP contribution is 2.27. The Morgan fingerprint density at radius 2 is 1.10 bits per heavy atom. The fraction of sp³-hybridized carbons (Fsp3) is 0.558. The van der Waals surface area contributed by atoms with E-state index >= 15 is 0 Å². The standard InChI is InChI=1S/C77H108N12O21S/c1-42(2)53-34-63(96)55(31-47-18-11-9-12-19-47)81-66(99)41-111-40-59(72(105)80-37-65(79)98)85-73(106)60-23-17-29-89(60)77(110)58(39-91)83-69(102)51(22-15-16-28-78)32-61(94)43(3)87(7)75(108)52(30-48-24-26-50(27-25-48)49-20-13-10-14-21-49)33-62(95)44(4)88(8)76(109)57(38-90)84-74(107)68(46(6)93)86-71(104)54(45(5)92)35-64(97)56(36-67(100)101)82-70(53)103/h9-14,18-21,24-27,42-46,51-60,68,90-93H,15-17,22-23,28-41,78H2,1-8H3,(H2,79,98)(H,80,105)(H,81,99)(H,82,103)(H,83,102)(H,84,107)(H,85,106)(H,86,104)(H,100,101)/t43-,44-,45+,46+,51+,52+,53-,54-,55-,56-,57-,58-,59-,60-,68-/m0/s1. The number of carboxylic acids is 1. The summed E-state index contributed by atoms with van der Waals surface area (Å²) in [6, 6.07) is 10.5. The van der Waals surface area contributed by atoms with Gasteiger partial charge in [-0.15, -0.1) is 11.8 Å². The molecule has 0 aromatic heterocycles. The van der Waals surface area contributed by atoms with Gasteiger partial charge in [-0.05, 0) is 101 Å². The van der Waals surface area contributed by atoms with Crippen molar-refractivity contribution < 1.29 is 102 Å². The summed E-state index contributed by atoms with van der Waals surface area (Å²) in [4.78, 5) is 228. The number of hydrogen-bond acceptors (Lipinski definition) is 22. The summed E-state index contributed by atoms with van der Waals surface area (Å²) in [7, 11) is 2.51. The minimum absolute atomic E-state index is 0.0284. The van der Waals surface area contributed by atoms with Gasteiger partial charge in [-0.3, -0.25) is 76.7 Å². The number of hydrogen-bond donors (Lipinski definition) is 14. The van der Waals surface area contributed by atoms with Crippen molar-refractivity contribution in [1.29, 1.82) is 0 Å². The number of nitrogens with one attached hydrogen (secondary N) is 7. The number of unbranched alkanes of at least 4 members (excludes halogenated alkanes) is 1. The number of aliphatic carboxylic acids is 1. The zero-order valence-corrected chi connectivity index (χ0v) is 64.7. The number of nitrogens with zero attached hydrogens (tertiary/aromatic N) is 3. The fourth-order valence-corrected chi connectivity index (χ4v) is 13.9. The van der Waals surface area contributed by atoms with Crippen molar-refractivity contribution in [3.8, 4) is 11.1 Å². The van der Waals surface area contributed by atoms with E-state index in [1.165, 1.54) is 27.9 Å². The molecule has 0 aliphatic carbocycles. The smallest absolute Gasteiger partial charge is 0.305 e. The molecule has 0 radical (unpaired) electrons. The van der Waals surface area contributed by atoms with Crippen LogP contribution >= 0.6 is 11.8 Å². The molecule has 0 bridgehead atoms. The molecular formula is C77H108N12O21S. The molecular weight excluding hydrogens is 1460 g/mol. The maximum absolute atomic E-state index is 15.0. The average Bonchev–Trinajstić information content (AvgIpc) is 1.81. The Labute approximate surface area is 649 Å². The largest absolute Gasteiger partial charge is 0.481 e. The first-order chi connectivity index (χ1) is 52.5. The number of rotatable bonds is 19. The second-order valence-corrected chi connectivity index (χ2v) is 29.7. The second-order valence-electron chi connectivity index (χ2n) is 28.7. The zero-order chi connectivity index (χ0) is 82.5. The number of nitrogens with two attached hydrogens (primary N) is 2. The van der Waals surface area contributed by atoms with Crippen LogP contribution in [0.5, 0.6) is 0 Å². The van der Waals surface area contributed by atoms with Crippen LogP contribution in [0, 0.1) is 29.6 Å². The summed E-state index contributed by atoms with van der Waals surface area (Å²) < 4.78 is 0. The molecule has 33 nitrogen and oxygen atoms in total. The summed E-state index contributed by atoms with van der Waals surface area (Å²) in [5.41, 5.74) is 14.0. The van der Waals surface area contributed by atoms with Crippen LogP contribution in [0.3, 0.4) is 0 Å². The van der Waals surface area contributed by atoms with Crippen LogP contribution in [-0.4, -0.2) is 259 Å². The predicted octanol–water partition coefficient (Wildman–Crippen LogP) is -1.61. The normalized spacial score (nSPS) is 26.1. The molecule has 5 rings (SSSR count). The molecule has 2 aliphatic rings. The maximum atomic E-state index is 15.0.